The highest BCUT2D eigenvalue weighted by Crippen LogP contribution is 1.83. The van der Waals surface area contributed by atoms with E-state index >= 15 is 0 Å². The van der Waals surface area contributed by atoms with Crippen molar-refractivity contribution in [3.05, 3.63) is 30.3 Å². The van der Waals surface area contributed by atoms with E-state index in [4.69, 9.17) is 5.64 Å². The van der Waals surface area contributed by atoms with Crippen LogP contribution in [0.2, 0.25) is 0 Å². The van der Waals surface area contributed by atoms with E-state index in [0.717, 1.165) is 0 Å². The zero-order valence-corrected chi connectivity index (χ0v) is 4.92. The molecule has 0 aliphatic heterocycles. The first-order valence-corrected chi connectivity index (χ1v) is 2.75. The van der Waals surface area contributed by atoms with Crippen LogP contribution in [0.5, 0.6) is 0 Å². The zero-order valence-electron chi connectivity index (χ0n) is 4.92. The minimum atomic E-state index is -1.34. The fraction of sp³-hybridized carbons (Fsp3) is 0. The molecule has 46 valence electrons. The van der Waals surface area contributed by atoms with E-state index in [-0.39, 0.29) is 0 Å². The van der Waals surface area contributed by atoms with E-state index in [1.807, 2.05) is 6.07 Å². The van der Waals surface area contributed by atoms with Crippen LogP contribution < -0.4 is 11.1 Å². The standard InChI is InChI=1S/C6H7BFN/c8-7(9)6-4-2-1-3-5-6/h1-5H,9H2. The van der Waals surface area contributed by atoms with Gasteiger partial charge in [0.05, 0.1) is 0 Å². The van der Waals surface area contributed by atoms with Crippen molar-refractivity contribution in [1.82, 2.24) is 0 Å². The van der Waals surface area contributed by atoms with Crippen molar-refractivity contribution < 1.29 is 4.32 Å². The van der Waals surface area contributed by atoms with Gasteiger partial charge in [0.1, 0.15) is 0 Å². The quantitative estimate of drug-likeness (QED) is 0.534. The molecule has 0 aliphatic rings. The third kappa shape index (κ3) is 1.54. The summed E-state index contributed by atoms with van der Waals surface area (Å²) in [5.74, 6) is 0. The Bertz CT molecular complexity index is 176. The molecule has 0 unspecified atom stereocenters. The molecular formula is C6H7BFN. The SMILES string of the molecule is NB(F)c1ccccc1. The van der Waals surface area contributed by atoms with Crippen LogP contribution in [0.1, 0.15) is 0 Å². The van der Waals surface area contributed by atoms with Gasteiger partial charge in [0.2, 0.25) is 0 Å². The first kappa shape index (κ1) is 6.30. The normalized spacial score (nSPS) is 9.11. The predicted octanol–water partition coefficient (Wildman–Crippen LogP) is 0.310. The summed E-state index contributed by atoms with van der Waals surface area (Å²) in [6.45, 7) is 0. The molecule has 1 aromatic rings. The van der Waals surface area contributed by atoms with Gasteiger partial charge in [-0.25, -0.2) is 0 Å². The maximum absolute atomic E-state index is 12.2. The average Bonchev–Trinajstić information content (AvgIpc) is 1.90. The third-order valence-corrected chi connectivity index (χ3v) is 1.12. The Hall–Kier alpha value is -0.825. The van der Waals surface area contributed by atoms with E-state index in [2.05, 4.69) is 0 Å². The summed E-state index contributed by atoms with van der Waals surface area (Å²) < 4.78 is 12.2. The molecule has 0 fully saturated rings. The Labute approximate surface area is 53.8 Å². The maximum Gasteiger partial charge on any atom is 0.459 e. The molecule has 1 aromatic carbocycles. The highest BCUT2D eigenvalue weighted by Gasteiger charge is 2.07. The lowest BCUT2D eigenvalue weighted by molar-refractivity contribution is 0.846. The third-order valence-electron chi connectivity index (χ3n) is 1.12. The van der Waals surface area contributed by atoms with Gasteiger partial charge in [-0.3, -0.25) is 0 Å². The topological polar surface area (TPSA) is 26.0 Å². The largest absolute Gasteiger partial charge is 0.459 e. The van der Waals surface area contributed by atoms with Crippen LogP contribution in [0.3, 0.4) is 0 Å². The number of nitrogens with two attached hydrogens (primary N) is 1. The van der Waals surface area contributed by atoms with Crippen molar-refractivity contribution in [2.24, 2.45) is 5.64 Å². The van der Waals surface area contributed by atoms with Crippen molar-refractivity contribution in [1.29, 1.82) is 0 Å². The predicted molar refractivity (Wildman–Crippen MR) is 37.1 cm³/mol. The number of hydrogen-bond donors (Lipinski definition) is 1. The summed E-state index contributed by atoms with van der Waals surface area (Å²) in [6, 6.07) is 8.66. The highest BCUT2D eigenvalue weighted by molar-refractivity contribution is 6.63. The molecule has 3 heteroatoms. The Morgan fingerprint density at radius 1 is 1.22 bits per heavy atom. The molecule has 0 saturated heterocycles. The Morgan fingerprint density at radius 3 is 2.11 bits per heavy atom. The summed E-state index contributed by atoms with van der Waals surface area (Å²) in [5.41, 5.74) is 5.47. The van der Waals surface area contributed by atoms with Gasteiger partial charge in [-0.15, -0.1) is 0 Å². The van der Waals surface area contributed by atoms with Crippen molar-refractivity contribution >= 4 is 12.6 Å². The molecule has 0 atom stereocenters. The molecular weight excluding hydrogens is 116 g/mol. The number of halogens is 1. The van der Waals surface area contributed by atoms with E-state index in [0.29, 0.717) is 5.46 Å². The minimum Gasteiger partial charge on any atom is -0.337 e. The average molecular weight is 123 g/mol. The smallest absolute Gasteiger partial charge is 0.337 e. The summed E-state index contributed by atoms with van der Waals surface area (Å²) in [4.78, 5) is 0. The second-order valence-corrected chi connectivity index (χ2v) is 1.81. The zero-order chi connectivity index (χ0) is 6.69. The molecule has 1 nitrogen and oxygen atoms in total. The lowest BCUT2D eigenvalue weighted by Gasteiger charge is -1.93. The first-order valence-electron chi connectivity index (χ1n) is 2.75. The van der Waals surface area contributed by atoms with Crippen LogP contribution in [0, 0.1) is 0 Å². The molecule has 0 heterocycles. The number of hydrogen-bond acceptors (Lipinski definition) is 1. The van der Waals surface area contributed by atoms with Crippen LogP contribution in [0.4, 0.5) is 4.32 Å². The second kappa shape index (κ2) is 2.64. The second-order valence-electron chi connectivity index (χ2n) is 1.81. The number of rotatable bonds is 1. The molecule has 0 saturated carbocycles. The van der Waals surface area contributed by atoms with Crippen molar-refractivity contribution in [2.45, 2.75) is 0 Å². The van der Waals surface area contributed by atoms with Gasteiger partial charge in [-0.05, 0) is 5.46 Å². The van der Waals surface area contributed by atoms with Gasteiger partial charge < -0.3 is 9.96 Å². The lowest BCUT2D eigenvalue weighted by atomic mass is 9.79. The van der Waals surface area contributed by atoms with E-state index < -0.39 is 7.12 Å². The van der Waals surface area contributed by atoms with Gasteiger partial charge in [-0.1, -0.05) is 30.3 Å². The van der Waals surface area contributed by atoms with Gasteiger partial charge in [-0.2, -0.15) is 0 Å². The maximum atomic E-state index is 12.2. The van der Waals surface area contributed by atoms with Crippen molar-refractivity contribution in [3.63, 3.8) is 0 Å². The van der Waals surface area contributed by atoms with Gasteiger partial charge in [0.25, 0.3) is 0 Å². The van der Waals surface area contributed by atoms with Crippen LogP contribution in [-0.4, -0.2) is 7.12 Å². The van der Waals surface area contributed by atoms with Crippen molar-refractivity contribution in [3.8, 4) is 0 Å². The van der Waals surface area contributed by atoms with E-state index in [1.165, 1.54) is 0 Å². The fourth-order valence-corrected chi connectivity index (χ4v) is 0.637. The van der Waals surface area contributed by atoms with Crippen LogP contribution >= 0.6 is 0 Å². The molecule has 0 bridgehead atoms. The van der Waals surface area contributed by atoms with Gasteiger partial charge >= 0.3 is 7.12 Å². The van der Waals surface area contributed by atoms with E-state index in [9.17, 15) is 4.32 Å². The van der Waals surface area contributed by atoms with E-state index in [1.54, 1.807) is 24.3 Å². The molecule has 9 heavy (non-hydrogen) atoms. The molecule has 0 aromatic heterocycles. The summed E-state index contributed by atoms with van der Waals surface area (Å²) in [5, 5.41) is 0. The van der Waals surface area contributed by atoms with Gasteiger partial charge in [0.15, 0.2) is 0 Å². The molecule has 2 N–H and O–H groups in total. The molecule has 0 spiro atoms. The molecule has 0 radical (unpaired) electrons. The van der Waals surface area contributed by atoms with Gasteiger partial charge in [0, 0.05) is 0 Å². The monoisotopic (exact) mass is 123 g/mol. The Kier molecular flexibility index (Phi) is 1.85. The fourth-order valence-electron chi connectivity index (χ4n) is 0.637. The summed E-state index contributed by atoms with van der Waals surface area (Å²) in [6.07, 6.45) is 0. The Morgan fingerprint density at radius 2 is 1.78 bits per heavy atom. The minimum absolute atomic E-state index is 0.525. The molecule has 1 rings (SSSR count). The first-order chi connectivity index (χ1) is 4.30. The van der Waals surface area contributed by atoms with Crippen LogP contribution in [0.15, 0.2) is 30.3 Å². The molecule has 0 aliphatic carbocycles. The van der Waals surface area contributed by atoms with Crippen molar-refractivity contribution in [2.75, 3.05) is 0 Å². The molecule has 0 amide bonds. The number of benzene rings is 1. The summed E-state index contributed by atoms with van der Waals surface area (Å²) in [7, 11) is -1.34. The van der Waals surface area contributed by atoms with Crippen LogP contribution in [-0.2, 0) is 0 Å². The Balaban J connectivity index is 2.85. The highest BCUT2D eigenvalue weighted by atomic mass is 19.1. The van der Waals surface area contributed by atoms with Crippen LogP contribution in [0.25, 0.3) is 0 Å². The lowest BCUT2D eigenvalue weighted by Crippen LogP contribution is -2.34. The summed E-state index contributed by atoms with van der Waals surface area (Å²) >= 11 is 0.